The standard InChI is InChI=1S/C8H15NO7S/c1-5(6(10)16-3)17(14,15)9-4-8(2,13)7(11)12/h5,9,13H,4H2,1-3H3,(H,11,12). The van der Waals surface area contributed by atoms with E-state index in [1.54, 1.807) is 0 Å². The minimum absolute atomic E-state index is 0.744. The SMILES string of the molecule is COC(=O)C(C)S(=O)(=O)NCC(C)(O)C(=O)O. The van der Waals surface area contributed by atoms with Gasteiger partial charge < -0.3 is 14.9 Å². The highest BCUT2D eigenvalue weighted by Crippen LogP contribution is 2.05. The molecule has 100 valence electrons. The molecule has 0 saturated heterocycles. The number of esters is 1. The van der Waals surface area contributed by atoms with Gasteiger partial charge in [0.25, 0.3) is 0 Å². The third-order valence-electron chi connectivity index (χ3n) is 2.08. The van der Waals surface area contributed by atoms with Gasteiger partial charge in [0.15, 0.2) is 10.9 Å². The Morgan fingerprint density at radius 1 is 1.47 bits per heavy atom. The first-order chi connectivity index (χ1) is 7.54. The molecule has 0 aromatic rings. The number of methoxy groups -OCH3 is 1. The molecule has 0 rings (SSSR count). The Morgan fingerprint density at radius 3 is 2.29 bits per heavy atom. The Balaban J connectivity index is 4.69. The van der Waals surface area contributed by atoms with Gasteiger partial charge in [0.2, 0.25) is 10.0 Å². The van der Waals surface area contributed by atoms with Gasteiger partial charge in [-0.3, -0.25) is 4.79 Å². The van der Waals surface area contributed by atoms with Crippen molar-refractivity contribution in [2.45, 2.75) is 24.7 Å². The summed E-state index contributed by atoms with van der Waals surface area (Å²) in [5.41, 5.74) is -2.25. The summed E-state index contributed by atoms with van der Waals surface area (Å²) in [4.78, 5) is 21.5. The Labute approximate surface area is 98.6 Å². The average Bonchev–Trinajstić information content (AvgIpc) is 2.24. The molecule has 0 bridgehead atoms. The number of hydrogen-bond donors (Lipinski definition) is 3. The highest BCUT2D eigenvalue weighted by Gasteiger charge is 2.35. The number of carboxylic acid groups (broad SMARTS) is 1. The number of aliphatic hydroxyl groups is 1. The number of nitrogens with one attached hydrogen (secondary N) is 1. The van der Waals surface area contributed by atoms with E-state index in [-0.39, 0.29) is 0 Å². The molecular weight excluding hydrogens is 254 g/mol. The monoisotopic (exact) mass is 269 g/mol. The van der Waals surface area contributed by atoms with Crippen LogP contribution in [-0.2, 0) is 24.3 Å². The molecule has 3 N–H and O–H groups in total. The highest BCUT2D eigenvalue weighted by atomic mass is 32.2. The first-order valence-corrected chi connectivity index (χ1v) is 6.11. The summed E-state index contributed by atoms with van der Waals surface area (Å²) in [6, 6.07) is 0. The lowest BCUT2D eigenvalue weighted by molar-refractivity contribution is -0.155. The summed E-state index contributed by atoms with van der Waals surface area (Å²) in [6.07, 6.45) is 0. The van der Waals surface area contributed by atoms with E-state index in [1.165, 1.54) is 0 Å². The van der Waals surface area contributed by atoms with E-state index in [2.05, 4.69) is 4.74 Å². The zero-order chi connectivity index (χ0) is 13.9. The minimum atomic E-state index is -4.09. The average molecular weight is 269 g/mol. The molecule has 0 heterocycles. The van der Waals surface area contributed by atoms with Crippen molar-refractivity contribution < 1.29 is 33.0 Å². The maximum atomic E-state index is 11.5. The van der Waals surface area contributed by atoms with Crippen LogP contribution in [0.4, 0.5) is 0 Å². The lowest BCUT2D eigenvalue weighted by Crippen LogP contribution is -2.49. The molecule has 0 saturated carbocycles. The van der Waals surface area contributed by atoms with Crippen LogP contribution in [0.2, 0.25) is 0 Å². The predicted molar refractivity (Wildman–Crippen MR) is 56.7 cm³/mol. The van der Waals surface area contributed by atoms with Gasteiger partial charge in [0.1, 0.15) is 0 Å². The number of carbonyl (C=O) groups excluding carboxylic acids is 1. The van der Waals surface area contributed by atoms with Gasteiger partial charge in [-0.05, 0) is 13.8 Å². The van der Waals surface area contributed by atoms with E-state index in [0.717, 1.165) is 21.0 Å². The first-order valence-electron chi connectivity index (χ1n) is 4.56. The lowest BCUT2D eigenvalue weighted by Gasteiger charge is -2.19. The van der Waals surface area contributed by atoms with Gasteiger partial charge in [-0.1, -0.05) is 0 Å². The van der Waals surface area contributed by atoms with Crippen LogP contribution in [0.25, 0.3) is 0 Å². The van der Waals surface area contributed by atoms with Gasteiger partial charge in [-0.15, -0.1) is 0 Å². The molecule has 17 heavy (non-hydrogen) atoms. The largest absolute Gasteiger partial charge is 0.479 e. The van der Waals surface area contributed by atoms with Gasteiger partial charge in [0, 0.05) is 6.54 Å². The number of carboxylic acids is 1. The smallest absolute Gasteiger partial charge is 0.336 e. The highest BCUT2D eigenvalue weighted by molar-refractivity contribution is 7.90. The topological polar surface area (TPSA) is 130 Å². The molecular formula is C8H15NO7S. The van der Waals surface area contributed by atoms with Gasteiger partial charge in [-0.2, -0.15) is 0 Å². The van der Waals surface area contributed by atoms with Crippen molar-refractivity contribution in [1.29, 1.82) is 0 Å². The quantitative estimate of drug-likeness (QED) is 0.490. The molecule has 0 amide bonds. The minimum Gasteiger partial charge on any atom is -0.479 e. The van der Waals surface area contributed by atoms with Crippen LogP contribution in [0.1, 0.15) is 13.8 Å². The van der Waals surface area contributed by atoms with Crippen molar-refractivity contribution in [1.82, 2.24) is 4.72 Å². The second-order valence-electron chi connectivity index (χ2n) is 3.61. The van der Waals surface area contributed by atoms with E-state index < -0.39 is 39.4 Å². The number of ether oxygens (including phenoxy) is 1. The third kappa shape index (κ3) is 4.29. The predicted octanol–water partition coefficient (Wildman–Crippen LogP) is -1.70. The molecule has 0 aliphatic rings. The first kappa shape index (κ1) is 15.8. The Kier molecular flexibility index (Phi) is 5.05. The number of aliphatic carboxylic acids is 1. The Morgan fingerprint density at radius 2 is 1.94 bits per heavy atom. The van der Waals surface area contributed by atoms with Crippen LogP contribution < -0.4 is 4.72 Å². The summed E-state index contributed by atoms with van der Waals surface area (Å²) in [5.74, 6) is -2.56. The molecule has 0 aliphatic heterocycles. The van der Waals surface area contributed by atoms with E-state index in [1.807, 2.05) is 4.72 Å². The summed E-state index contributed by atoms with van der Waals surface area (Å²) >= 11 is 0. The second-order valence-corrected chi connectivity index (χ2v) is 5.70. The molecule has 0 aromatic carbocycles. The van der Waals surface area contributed by atoms with Crippen LogP contribution in [0.3, 0.4) is 0 Å². The van der Waals surface area contributed by atoms with Crippen molar-refractivity contribution in [2.24, 2.45) is 0 Å². The molecule has 0 aromatic heterocycles. The van der Waals surface area contributed by atoms with E-state index in [9.17, 15) is 23.1 Å². The van der Waals surface area contributed by atoms with Crippen LogP contribution in [0.15, 0.2) is 0 Å². The molecule has 2 unspecified atom stereocenters. The van der Waals surface area contributed by atoms with Crippen LogP contribution in [0, 0.1) is 0 Å². The molecule has 0 fully saturated rings. The van der Waals surface area contributed by atoms with E-state index in [4.69, 9.17) is 5.11 Å². The van der Waals surface area contributed by atoms with Crippen molar-refractivity contribution in [2.75, 3.05) is 13.7 Å². The maximum Gasteiger partial charge on any atom is 0.336 e. The summed E-state index contributed by atoms with van der Waals surface area (Å²) in [7, 11) is -3.06. The van der Waals surface area contributed by atoms with E-state index >= 15 is 0 Å². The summed E-state index contributed by atoms with van der Waals surface area (Å²) in [6.45, 7) is 1.27. The molecule has 2 atom stereocenters. The molecule has 8 nitrogen and oxygen atoms in total. The van der Waals surface area contributed by atoms with Crippen molar-refractivity contribution in [3.05, 3.63) is 0 Å². The molecule has 9 heteroatoms. The fraction of sp³-hybridized carbons (Fsp3) is 0.750. The van der Waals surface area contributed by atoms with E-state index in [0.29, 0.717) is 0 Å². The molecule has 0 spiro atoms. The van der Waals surface area contributed by atoms with Crippen molar-refractivity contribution in [3.8, 4) is 0 Å². The fourth-order valence-corrected chi connectivity index (χ4v) is 1.82. The summed E-state index contributed by atoms with van der Waals surface area (Å²) in [5, 5.41) is 16.4. The Hall–Kier alpha value is -1.19. The maximum absolute atomic E-state index is 11.5. The zero-order valence-corrected chi connectivity index (χ0v) is 10.4. The third-order valence-corrected chi connectivity index (χ3v) is 3.75. The zero-order valence-electron chi connectivity index (χ0n) is 9.63. The molecule has 0 aliphatic carbocycles. The van der Waals surface area contributed by atoms with Crippen LogP contribution >= 0.6 is 0 Å². The van der Waals surface area contributed by atoms with Gasteiger partial charge in [-0.25, -0.2) is 17.9 Å². The summed E-state index contributed by atoms with van der Waals surface area (Å²) < 4.78 is 29.0. The van der Waals surface area contributed by atoms with Crippen molar-refractivity contribution >= 4 is 22.0 Å². The Bertz CT molecular complexity index is 400. The number of carbonyl (C=O) groups is 2. The van der Waals surface area contributed by atoms with Crippen LogP contribution in [-0.4, -0.2) is 55.1 Å². The van der Waals surface area contributed by atoms with Crippen molar-refractivity contribution in [3.63, 3.8) is 0 Å². The number of sulfonamides is 1. The molecule has 0 radical (unpaired) electrons. The lowest BCUT2D eigenvalue weighted by atomic mass is 10.1. The normalized spacial score (nSPS) is 16.9. The number of hydrogen-bond acceptors (Lipinski definition) is 6. The van der Waals surface area contributed by atoms with Crippen LogP contribution in [0.5, 0.6) is 0 Å². The number of rotatable bonds is 6. The second kappa shape index (κ2) is 5.43. The fourth-order valence-electron chi connectivity index (χ4n) is 0.734. The van der Waals surface area contributed by atoms with Gasteiger partial charge in [0.05, 0.1) is 7.11 Å². The van der Waals surface area contributed by atoms with Gasteiger partial charge >= 0.3 is 11.9 Å².